The minimum atomic E-state index is 0.719. The van der Waals surface area contributed by atoms with Gasteiger partial charge in [0.25, 0.3) is 0 Å². The summed E-state index contributed by atoms with van der Waals surface area (Å²) in [4.78, 5) is 2.60. The van der Waals surface area contributed by atoms with E-state index in [1.807, 2.05) is 17.9 Å². The van der Waals surface area contributed by atoms with Gasteiger partial charge in [0, 0.05) is 31.2 Å². The highest BCUT2D eigenvalue weighted by molar-refractivity contribution is 9.09. The molecule has 1 aromatic heterocycles. The molecule has 1 aliphatic heterocycles. The van der Waals surface area contributed by atoms with Gasteiger partial charge in [-0.15, -0.1) is 0 Å². The second-order valence-electron chi connectivity index (χ2n) is 4.80. The first-order chi connectivity index (χ1) is 7.70. The predicted molar refractivity (Wildman–Crippen MR) is 69.8 cm³/mol. The first-order valence-corrected chi connectivity index (χ1v) is 7.10. The van der Waals surface area contributed by atoms with E-state index in [4.69, 9.17) is 0 Å². The summed E-state index contributed by atoms with van der Waals surface area (Å²) >= 11 is 3.63. The Kier molecular flexibility index (Phi) is 4.03. The number of aromatic nitrogens is 2. The Morgan fingerprint density at radius 1 is 1.56 bits per heavy atom. The number of aryl methyl sites for hydroxylation is 1. The summed E-state index contributed by atoms with van der Waals surface area (Å²) in [6.45, 7) is 4.76. The Labute approximate surface area is 106 Å². The maximum atomic E-state index is 4.20. The average molecular weight is 286 g/mol. The largest absolute Gasteiger partial charge is 0.299 e. The van der Waals surface area contributed by atoms with Gasteiger partial charge >= 0.3 is 0 Å². The molecule has 0 saturated carbocycles. The Bertz CT molecular complexity index is 337. The first-order valence-electron chi connectivity index (χ1n) is 5.98. The second kappa shape index (κ2) is 5.32. The molecule has 0 amide bonds. The minimum absolute atomic E-state index is 0.719. The third-order valence-electron chi connectivity index (χ3n) is 3.60. The van der Waals surface area contributed by atoms with E-state index < -0.39 is 0 Å². The molecular weight excluding hydrogens is 266 g/mol. The van der Waals surface area contributed by atoms with Crippen LogP contribution < -0.4 is 0 Å². The van der Waals surface area contributed by atoms with Crippen LogP contribution in [0, 0.1) is 5.92 Å². The van der Waals surface area contributed by atoms with Crippen molar-refractivity contribution in [3.63, 3.8) is 0 Å². The maximum Gasteiger partial charge on any atom is 0.0522 e. The molecule has 1 aromatic rings. The normalized spacial score (nSPS) is 26.4. The average Bonchev–Trinajstić information content (AvgIpc) is 2.82. The van der Waals surface area contributed by atoms with Crippen molar-refractivity contribution in [1.29, 1.82) is 0 Å². The summed E-state index contributed by atoms with van der Waals surface area (Å²) in [5.74, 6) is 0.827. The zero-order chi connectivity index (χ0) is 11.5. The molecule has 1 fully saturated rings. The lowest BCUT2D eigenvalue weighted by Gasteiger charge is -2.24. The molecule has 0 N–H and O–H groups in total. The van der Waals surface area contributed by atoms with Crippen LogP contribution in [0.4, 0.5) is 0 Å². The lowest BCUT2D eigenvalue weighted by Crippen LogP contribution is -2.34. The molecule has 0 bridgehead atoms. The molecule has 0 spiro atoms. The third-order valence-corrected chi connectivity index (χ3v) is 4.27. The fraction of sp³-hybridized carbons (Fsp3) is 0.750. The fourth-order valence-electron chi connectivity index (χ4n) is 2.49. The van der Waals surface area contributed by atoms with Crippen molar-refractivity contribution < 1.29 is 0 Å². The van der Waals surface area contributed by atoms with E-state index >= 15 is 0 Å². The van der Waals surface area contributed by atoms with Crippen LogP contribution in [0.25, 0.3) is 0 Å². The molecule has 2 unspecified atom stereocenters. The molecule has 2 rings (SSSR count). The van der Waals surface area contributed by atoms with Gasteiger partial charge in [-0.1, -0.05) is 22.9 Å². The molecule has 1 saturated heterocycles. The molecule has 16 heavy (non-hydrogen) atoms. The van der Waals surface area contributed by atoms with Gasteiger partial charge in [-0.2, -0.15) is 5.10 Å². The molecule has 1 aliphatic rings. The molecule has 2 heterocycles. The number of hydrogen-bond donors (Lipinski definition) is 0. The van der Waals surface area contributed by atoms with Gasteiger partial charge in [-0.3, -0.25) is 9.58 Å². The maximum absolute atomic E-state index is 4.20. The van der Waals surface area contributed by atoms with Crippen molar-refractivity contribution in [2.75, 3.05) is 18.4 Å². The van der Waals surface area contributed by atoms with Crippen molar-refractivity contribution in [2.45, 2.75) is 25.8 Å². The highest BCUT2D eigenvalue weighted by Gasteiger charge is 2.29. The summed E-state index contributed by atoms with van der Waals surface area (Å²) < 4.78 is 1.88. The highest BCUT2D eigenvalue weighted by Crippen LogP contribution is 2.25. The number of nitrogens with zero attached hydrogens (tertiary/aromatic N) is 3. The van der Waals surface area contributed by atoms with Crippen LogP contribution in [-0.4, -0.2) is 39.1 Å². The van der Waals surface area contributed by atoms with E-state index in [-0.39, 0.29) is 0 Å². The first kappa shape index (κ1) is 12.1. The van der Waals surface area contributed by atoms with Crippen molar-refractivity contribution in [3.05, 3.63) is 18.0 Å². The van der Waals surface area contributed by atoms with Gasteiger partial charge < -0.3 is 0 Å². The van der Waals surface area contributed by atoms with Crippen LogP contribution in [0.1, 0.15) is 18.9 Å². The standard InChI is InChI=1S/C12H20BrN3/c1-10-3-5-16(12(10)7-13)6-4-11-8-14-15(2)9-11/h8-10,12H,3-7H2,1-2H3. The zero-order valence-electron chi connectivity index (χ0n) is 10.1. The minimum Gasteiger partial charge on any atom is -0.299 e. The van der Waals surface area contributed by atoms with E-state index in [1.54, 1.807) is 0 Å². The third kappa shape index (κ3) is 2.66. The van der Waals surface area contributed by atoms with E-state index in [2.05, 4.69) is 39.0 Å². The van der Waals surface area contributed by atoms with Crippen LogP contribution in [-0.2, 0) is 13.5 Å². The van der Waals surface area contributed by atoms with Gasteiger partial charge in [0.15, 0.2) is 0 Å². The van der Waals surface area contributed by atoms with Gasteiger partial charge in [-0.05, 0) is 30.9 Å². The Morgan fingerprint density at radius 3 is 3.00 bits per heavy atom. The zero-order valence-corrected chi connectivity index (χ0v) is 11.7. The molecule has 2 atom stereocenters. The molecule has 3 nitrogen and oxygen atoms in total. The Morgan fingerprint density at radius 2 is 2.38 bits per heavy atom. The summed E-state index contributed by atoms with van der Waals surface area (Å²) in [5, 5.41) is 5.30. The summed E-state index contributed by atoms with van der Waals surface area (Å²) in [6, 6.07) is 0.719. The van der Waals surface area contributed by atoms with E-state index in [1.165, 1.54) is 18.5 Å². The topological polar surface area (TPSA) is 21.1 Å². The van der Waals surface area contributed by atoms with Crippen molar-refractivity contribution in [1.82, 2.24) is 14.7 Å². The second-order valence-corrected chi connectivity index (χ2v) is 5.44. The SMILES string of the molecule is CC1CCN(CCc2cnn(C)c2)C1CBr. The summed E-state index contributed by atoms with van der Waals surface area (Å²) in [6.07, 6.45) is 6.54. The van der Waals surface area contributed by atoms with Crippen LogP contribution in [0.15, 0.2) is 12.4 Å². The number of likely N-dealkylation sites (tertiary alicyclic amines) is 1. The monoisotopic (exact) mass is 285 g/mol. The molecule has 0 radical (unpaired) electrons. The van der Waals surface area contributed by atoms with Gasteiger partial charge in [0.1, 0.15) is 0 Å². The Hall–Kier alpha value is -0.350. The van der Waals surface area contributed by atoms with E-state index in [0.29, 0.717) is 0 Å². The highest BCUT2D eigenvalue weighted by atomic mass is 79.9. The number of rotatable bonds is 4. The van der Waals surface area contributed by atoms with E-state index in [9.17, 15) is 0 Å². The van der Waals surface area contributed by atoms with Gasteiger partial charge in [-0.25, -0.2) is 0 Å². The van der Waals surface area contributed by atoms with E-state index in [0.717, 1.165) is 30.3 Å². The lowest BCUT2D eigenvalue weighted by atomic mass is 10.1. The Balaban J connectivity index is 1.86. The molecule has 4 heteroatoms. The van der Waals surface area contributed by atoms with Crippen molar-refractivity contribution in [3.8, 4) is 0 Å². The molecule has 0 aliphatic carbocycles. The van der Waals surface area contributed by atoms with Crippen LogP contribution in [0.2, 0.25) is 0 Å². The molecular formula is C12H20BrN3. The van der Waals surface area contributed by atoms with Crippen LogP contribution in [0.3, 0.4) is 0 Å². The fourth-order valence-corrected chi connectivity index (χ4v) is 3.54. The number of hydrogen-bond acceptors (Lipinski definition) is 2. The van der Waals surface area contributed by atoms with Crippen LogP contribution in [0.5, 0.6) is 0 Å². The quantitative estimate of drug-likeness (QED) is 0.790. The smallest absolute Gasteiger partial charge is 0.0522 e. The lowest BCUT2D eigenvalue weighted by molar-refractivity contribution is 0.255. The van der Waals surface area contributed by atoms with Crippen LogP contribution >= 0.6 is 15.9 Å². The summed E-state index contributed by atoms with van der Waals surface area (Å²) in [5.41, 5.74) is 1.34. The number of alkyl halides is 1. The van der Waals surface area contributed by atoms with Crippen molar-refractivity contribution in [2.24, 2.45) is 13.0 Å². The molecule has 0 aromatic carbocycles. The van der Waals surface area contributed by atoms with Gasteiger partial charge in [0.05, 0.1) is 6.20 Å². The van der Waals surface area contributed by atoms with Crippen molar-refractivity contribution >= 4 is 15.9 Å². The molecule has 90 valence electrons. The number of halogens is 1. The predicted octanol–water partition coefficient (Wildman–Crippen LogP) is 2.07. The summed E-state index contributed by atoms with van der Waals surface area (Å²) in [7, 11) is 1.97. The van der Waals surface area contributed by atoms with Gasteiger partial charge in [0.2, 0.25) is 0 Å².